The summed E-state index contributed by atoms with van der Waals surface area (Å²) in [4.78, 5) is 31.2. The molecule has 28 heavy (non-hydrogen) atoms. The fourth-order valence-electron chi connectivity index (χ4n) is 3.01. The maximum Gasteiger partial charge on any atom is 0.288 e. The highest BCUT2D eigenvalue weighted by atomic mass is 16.6. The molecule has 140 valence electrons. The summed E-state index contributed by atoms with van der Waals surface area (Å²) >= 11 is 0. The van der Waals surface area contributed by atoms with E-state index in [1.807, 2.05) is 30.3 Å². The molecule has 0 spiro atoms. The van der Waals surface area contributed by atoms with E-state index in [1.54, 1.807) is 0 Å². The quantitative estimate of drug-likeness (QED) is 0.542. The van der Waals surface area contributed by atoms with Crippen molar-refractivity contribution < 1.29 is 14.5 Å². The lowest BCUT2D eigenvalue weighted by Gasteiger charge is -2.10. The monoisotopic (exact) mass is 378 g/mol. The van der Waals surface area contributed by atoms with Crippen LogP contribution in [-0.4, -0.2) is 38.4 Å². The average molecular weight is 378 g/mol. The van der Waals surface area contributed by atoms with Crippen molar-refractivity contribution in [3.05, 3.63) is 81.4 Å². The molecule has 1 aliphatic rings. The molecule has 10 nitrogen and oxygen atoms in total. The minimum atomic E-state index is -0.887. The Labute approximate surface area is 158 Å². The molecule has 0 radical (unpaired) electrons. The van der Waals surface area contributed by atoms with Crippen molar-refractivity contribution >= 4 is 17.3 Å². The van der Waals surface area contributed by atoms with Gasteiger partial charge in [0.1, 0.15) is 0 Å². The zero-order valence-electron chi connectivity index (χ0n) is 14.6. The standard InChI is InChI=1S/C18H14N6O4/c1-28-18-17-21-16(15(19)25)22-23(17)13-8-7-11(24(26)27)9-12(13)14(20-18)10-5-3-2-4-6-10/h2-9,18H,1H3,(H2,19,25). The second-order valence-electron chi connectivity index (χ2n) is 5.96. The average Bonchev–Trinajstić information content (AvgIpc) is 3.09. The van der Waals surface area contributed by atoms with Crippen LogP contribution in [0.4, 0.5) is 5.69 Å². The number of rotatable bonds is 4. The number of hydrogen-bond acceptors (Lipinski definition) is 7. The number of aliphatic imine (C=N–C) groups is 1. The van der Waals surface area contributed by atoms with Gasteiger partial charge in [0.25, 0.3) is 11.6 Å². The molecule has 1 amide bonds. The molecule has 0 fully saturated rings. The first-order valence-corrected chi connectivity index (χ1v) is 8.21. The Kier molecular flexibility index (Phi) is 4.17. The third-order valence-electron chi connectivity index (χ3n) is 4.26. The van der Waals surface area contributed by atoms with Crippen molar-refractivity contribution in [1.82, 2.24) is 14.8 Å². The van der Waals surface area contributed by atoms with Gasteiger partial charge < -0.3 is 10.5 Å². The molecule has 0 bridgehead atoms. The molecule has 1 unspecified atom stereocenters. The number of ether oxygens (including phenoxy) is 1. The van der Waals surface area contributed by atoms with Crippen molar-refractivity contribution in [3.8, 4) is 5.69 Å². The molecule has 10 heteroatoms. The third kappa shape index (κ3) is 2.81. The van der Waals surface area contributed by atoms with Crippen molar-refractivity contribution in [3.63, 3.8) is 0 Å². The van der Waals surface area contributed by atoms with Gasteiger partial charge in [-0.05, 0) is 6.07 Å². The number of primary amides is 1. The molecule has 4 rings (SSSR count). The first-order chi connectivity index (χ1) is 13.5. The van der Waals surface area contributed by atoms with Crippen LogP contribution < -0.4 is 5.73 Å². The Morgan fingerprint density at radius 3 is 2.64 bits per heavy atom. The molecule has 1 aromatic heterocycles. The normalized spacial score (nSPS) is 15.2. The number of nitrogens with zero attached hydrogens (tertiary/aromatic N) is 5. The summed E-state index contributed by atoms with van der Waals surface area (Å²) in [6.07, 6.45) is -0.887. The molecule has 2 aromatic carbocycles. The smallest absolute Gasteiger partial charge is 0.288 e. The van der Waals surface area contributed by atoms with Gasteiger partial charge in [-0.3, -0.25) is 14.9 Å². The Bertz CT molecular complexity index is 1120. The van der Waals surface area contributed by atoms with Gasteiger partial charge in [-0.1, -0.05) is 30.3 Å². The Morgan fingerprint density at radius 2 is 2.00 bits per heavy atom. The first kappa shape index (κ1) is 17.5. The van der Waals surface area contributed by atoms with Gasteiger partial charge >= 0.3 is 0 Å². The maximum atomic E-state index is 11.6. The summed E-state index contributed by atoms with van der Waals surface area (Å²) in [5.74, 6) is -0.747. The lowest BCUT2D eigenvalue weighted by molar-refractivity contribution is -0.384. The number of amides is 1. The van der Waals surface area contributed by atoms with Gasteiger partial charge in [0.05, 0.1) is 16.3 Å². The Hall–Kier alpha value is -3.92. The lowest BCUT2D eigenvalue weighted by atomic mass is 10.00. The van der Waals surface area contributed by atoms with Crippen LogP contribution in [0.3, 0.4) is 0 Å². The molecule has 0 saturated carbocycles. The topological polar surface area (TPSA) is 139 Å². The van der Waals surface area contributed by atoms with Crippen molar-refractivity contribution in [2.24, 2.45) is 10.7 Å². The number of carbonyl (C=O) groups excluding carboxylic acids is 1. The van der Waals surface area contributed by atoms with Crippen LogP contribution in [0.2, 0.25) is 0 Å². The van der Waals surface area contributed by atoms with E-state index in [0.717, 1.165) is 5.56 Å². The van der Waals surface area contributed by atoms with Gasteiger partial charge in [-0.25, -0.2) is 14.7 Å². The van der Waals surface area contributed by atoms with Crippen molar-refractivity contribution in [1.29, 1.82) is 0 Å². The molecule has 1 atom stereocenters. The molecular formula is C18H14N6O4. The van der Waals surface area contributed by atoms with E-state index in [-0.39, 0.29) is 17.3 Å². The van der Waals surface area contributed by atoms with Gasteiger partial charge in [-0.15, -0.1) is 5.10 Å². The van der Waals surface area contributed by atoms with Gasteiger partial charge in [0.15, 0.2) is 5.82 Å². The molecule has 0 aliphatic carbocycles. The highest BCUT2D eigenvalue weighted by molar-refractivity contribution is 6.15. The summed E-state index contributed by atoms with van der Waals surface area (Å²) in [6, 6.07) is 13.5. The fraction of sp³-hybridized carbons (Fsp3) is 0.111. The van der Waals surface area contributed by atoms with E-state index in [4.69, 9.17) is 10.5 Å². The summed E-state index contributed by atoms with van der Waals surface area (Å²) in [5.41, 5.74) is 7.37. The number of methoxy groups -OCH3 is 1. The number of non-ortho nitro benzene ring substituents is 1. The third-order valence-corrected chi connectivity index (χ3v) is 4.26. The van der Waals surface area contributed by atoms with E-state index in [2.05, 4.69) is 15.1 Å². The summed E-state index contributed by atoms with van der Waals surface area (Å²) in [7, 11) is 1.44. The number of carbonyl (C=O) groups is 1. The van der Waals surface area contributed by atoms with Gasteiger partial charge in [0.2, 0.25) is 12.1 Å². The first-order valence-electron chi connectivity index (χ1n) is 8.21. The van der Waals surface area contributed by atoms with E-state index in [1.165, 1.54) is 30.0 Å². The van der Waals surface area contributed by atoms with Gasteiger partial charge in [0, 0.05) is 30.4 Å². The van der Waals surface area contributed by atoms with Crippen LogP contribution in [0, 0.1) is 10.1 Å². The number of nitrogens with two attached hydrogens (primary N) is 1. The molecular weight excluding hydrogens is 364 g/mol. The van der Waals surface area contributed by atoms with E-state index in [0.29, 0.717) is 17.0 Å². The van der Waals surface area contributed by atoms with Crippen LogP contribution >= 0.6 is 0 Å². The molecule has 3 aromatic rings. The number of benzene rings is 2. The predicted molar refractivity (Wildman–Crippen MR) is 98.4 cm³/mol. The molecule has 0 saturated heterocycles. The second-order valence-corrected chi connectivity index (χ2v) is 5.96. The number of nitro groups is 1. The summed E-state index contributed by atoms with van der Waals surface area (Å²) in [6.45, 7) is 0. The zero-order chi connectivity index (χ0) is 19.8. The number of fused-ring (bicyclic) bond motifs is 3. The number of aromatic nitrogens is 3. The number of nitro benzene ring substituents is 1. The molecule has 2 N–H and O–H groups in total. The van der Waals surface area contributed by atoms with Crippen LogP contribution in [0.25, 0.3) is 5.69 Å². The lowest BCUT2D eigenvalue weighted by Crippen LogP contribution is -2.14. The van der Waals surface area contributed by atoms with E-state index in [9.17, 15) is 14.9 Å². The van der Waals surface area contributed by atoms with Gasteiger partial charge in [-0.2, -0.15) is 0 Å². The van der Waals surface area contributed by atoms with E-state index >= 15 is 0 Å². The summed E-state index contributed by atoms with van der Waals surface area (Å²) < 4.78 is 6.84. The minimum absolute atomic E-state index is 0.102. The van der Waals surface area contributed by atoms with Crippen molar-refractivity contribution in [2.45, 2.75) is 6.23 Å². The fourth-order valence-corrected chi connectivity index (χ4v) is 3.01. The highest BCUT2D eigenvalue weighted by Gasteiger charge is 2.30. The largest absolute Gasteiger partial charge is 0.363 e. The zero-order valence-corrected chi connectivity index (χ0v) is 14.6. The number of hydrogen-bond donors (Lipinski definition) is 1. The van der Waals surface area contributed by atoms with Crippen molar-refractivity contribution in [2.75, 3.05) is 7.11 Å². The van der Waals surface area contributed by atoms with Crippen LogP contribution in [0.1, 0.15) is 33.8 Å². The SMILES string of the molecule is COC1N=C(c2ccccc2)c2cc([N+](=O)[O-])ccc2-n2nc(C(N)=O)nc21. The van der Waals surface area contributed by atoms with Crippen LogP contribution in [0.15, 0.2) is 53.5 Å². The van der Waals surface area contributed by atoms with E-state index < -0.39 is 17.1 Å². The van der Waals surface area contributed by atoms with Crippen LogP contribution in [0.5, 0.6) is 0 Å². The predicted octanol–water partition coefficient (Wildman–Crippen LogP) is 1.77. The maximum absolute atomic E-state index is 11.6. The second kappa shape index (κ2) is 6.67. The summed E-state index contributed by atoms with van der Waals surface area (Å²) in [5, 5.41) is 15.5. The Balaban J connectivity index is 2.04. The molecule has 2 heterocycles. The minimum Gasteiger partial charge on any atom is -0.363 e. The van der Waals surface area contributed by atoms with Crippen LogP contribution in [-0.2, 0) is 4.74 Å². The molecule has 1 aliphatic heterocycles. The highest BCUT2D eigenvalue weighted by Crippen LogP contribution is 2.32. The Morgan fingerprint density at radius 1 is 1.25 bits per heavy atom.